The van der Waals surface area contributed by atoms with Gasteiger partial charge in [0.25, 0.3) is 5.56 Å². The second-order valence-electron chi connectivity index (χ2n) is 6.47. The standard InChI is InChI=1S/C19H18N6O3S/c1-13-11-17(27)23(15-6-3-2-5-14(13)15)12-16(26)20-8-9-24-19(28)25(22-21-24)18-7-4-10-29-18/h2-7,10-11H,8-9,12H2,1H3,(H,20,26). The molecule has 9 nitrogen and oxygen atoms in total. The fraction of sp³-hybridized carbons (Fsp3) is 0.211. The van der Waals surface area contributed by atoms with E-state index in [0.29, 0.717) is 10.5 Å². The summed E-state index contributed by atoms with van der Waals surface area (Å²) in [5, 5.41) is 13.9. The lowest BCUT2D eigenvalue weighted by atomic mass is 10.1. The van der Waals surface area contributed by atoms with E-state index < -0.39 is 0 Å². The molecule has 0 unspecified atom stereocenters. The van der Waals surface area contributed by atoms with Crippen LogP contribution in [0.2, 0.25) is 0 Å². The predicted molar refractivity (Wildman–Crippen MR) is 109 cm³/mol. The van der Waals surface area contributed by atoms with Gasteiger partial charge in [0.1, 0.15) is 11.5 Å². The average Bonchev–Trinajstić information content (AvgIpc) is 3.35. The number of aromatic nitrogens is 5. The number of tetrazole rings is 1. The van der Waals surface area contributed by atoms with Gasteiger partial charge in [0, 0.05) is 18.0 Å². The van der Waals surface area contributed by atoms with Crippen molar-refractivity contribution in [3.05, 3.63) is 74.2 Å². The highest BCUT2D eigenvalue weighted by Crippen LogP contribution is 2.15. The van der Waals surface area contributed by atoms with Crippen molar-refractivity contribution in [2.45, 2.75) is 20.0 Å². The largest absolute Gasteiger partial charge is 0.369 e. The summed E-state index contributed by atoms with van der Waals surface area (Å²) >= 11 is 1.38. The third-order valence-corrected chi connectivity index (χ3v) is 5.37. The summed E-state index contributed by atoms with van der Waals surface area (Å²) in [6.45, 7) is 2.14. The lowest BCUT2D eigenvalue weighted by Gasteiger charge is -2.12. The molecule has 29 heavy (non-hydrogen) atoms. The molecule has 0 aliphatic carbocycles. The van der Waals surface area contributed by atoms with Gasteiger partial charge < -0.3 is 5.32 Å². The van der Waals surface area contributed by atoms with Gasteiger partial charge in [-0.15, -0.1) is 11.3 Å². The van der Waals surface area contributed by atoms with Gasteiger partial charge in [0.2, 0.25) is 5.91 Å². The van der Waals surface area contributed by atoms with Crippen molar-refractivity contribution in [1.29, 1.82) is 0 Å². The summed E-state index contributed by atoms with van der Waals surface area (Å²) in [7, 11) is 0. The number of hydrogen-bond acceptors (Lipinski definition) is 6. The number of rotatable bonds is 6. The summed E-state index contributed by atoms with van der Waals surface area (Å²) < 4.78 is 3.84. The molecular formula is C19H18N6O3S. The van der Waals surface area contributed by atoms with E-state index in [0.717, 1.165) is 10.9 Å². The second kappa shape index (κ2) is 7.84. The van der Waals surface area contributed by atoms with Gasteiger partial charge in [-0.3, -0.25) is 14.2 Å². The summed E-state index contributed by atoms with van der Waals surface area (Å²) in [5.41, 5.74) is 0.979. The molecule has 148 valence electrons. The number of para-hydroxylation sites is 1. The highest BCUT2D eigenvalue weighted by molar-refractivity contribution is 7.12. The number of nitrogens with zero attached hydrogens (tertiary/aromatic N) is 5. The molecule has 1 N–H and O–H groups in total. The van der Waals surface area contributed by atoms with Gasteiger partial charge in [0.15, 0.2) is 0 Å². The van der Waals surface area contributed by atoms with Crippen LogP contribution >= 0.6 is 11.3 Å². The number of hydrogen-bond donors (Lipinski definition) is 1. The monoisotopic (exact) mass is 410 g/mol. The van der Waals surface area contributed by atoms with Gasteiger partial charge in [0.05, 0.1) is 12.1 Å². The van der Waals surface area contributed by atoms with Crippen LogP contribution in [0.3, 0.4) is 0 Å². The summed E-state index contributed by atoms with van der Waals surface area (Å²) in [6.07, 6.45) is 0. The normalized spacial score (nSPS) is 11.1. The first-order valence-corrected chi connectivity index (χ1v) is 9.85. The number of pyridine rings is 1. The Hall–Kier alpha value is -3.53. The zero-order valence-corrected chi connectivity index (χ0v) is 16.4. The number of carbonyl (C=O) groups excluding carboxylic acids is 1. The fourth-order valence-corrected chi connectivity index (χ4v) is 3.78. The minimum atomic E-state index is -0.373. The van der Waals surface area contributed by atoms with Crippen LogP contribution in [-0.2, 0) is 17.9 Å². The van der Waals surface area contributed by atoms with E-state index in [9.17, 15) is 14.4 Å². The molecule has 0 saturated heterocycles. The number of fused-ring (bicyclic) bond motifs is 1. The lowest BCUT2D eigenvalue weighted by Crippen LogP contribution is -2.35. The maximum absolute atomic E-state index is 12.4. The number of amides is 1. The van der Waals surface area contributed by atoms with Crippen LogP contribution in [0.5, 0.6) is 0 Å². The first-order valence-electron chi connectivity index (χ1n) is 8.97. The lowest BCUT2D eigenvalue weighted by molar-refractivity contribution is -0.121. The Kier molecular flexibility index (Phi) is 5.09. The van der Waals surface area contributed by atoms with Crippen molar-refractivity contribution in [2.75, 3.05) is 6.54 Å². The predicted octanol–water partition coefficient (Wildman–Crippen LogP) is 0.930. The van der Waals surface area contributed by atoms with E-state index in [1.54, 1.807) is 6.07 Å². The number of carbonyl (C=O) groups is 1. The highest BCUT2D eigenvalue weighted by atomic mass is 32.1. The number of nitrogens with one attached hydrogen (secondary N) is 1. The Morgan fingerprint density at radius 1 is 1.14 bits per heavy atom. The quantitative estimate of drug-likeness (QED) is 0.509. The van der Waals surface area contributed by atoms with Crippen LogP contribution in [0.15, 0.2) is 57.4 Å². The Morgan fingerprint density at radius 2 is 1.97 bits per heavy atom. The summed E-state index contributed by atoms with van der Waals surface area (Å²) in [4.78, 5) is 37.0. The van der Waals surface area contributed by atoms with Crippen molar-refractivity contribution in [3.63, 3.8) is 0 Å². The fourth-order valence-electron chi connectivity index (χ4n) is 3.11. The van der Waals surface area contributed by atoms with Crippen LogP contribution in [0, 0.1) is 6.92 Å². The van der Waals surface area contributed by atoms with Gasteiger partial charge in [-0.05, 0) is 46.5 Å². The van der Waals surface area contributed by atoms with Gasteiger partial charge in [-0.1, -0.05) is 18.2 Å². The van der Waals surface area contributed by atoms with Crippen molar-refractivity contribution in [1.82, 2.24) is 29.7 Å². The smallest absolute Gasteiger partial charge is 0.353 e. The Balaban J connectivity index is 1.43. The van der Waals surface area contributed by atoms with Crippen LogP contribution in [0.25, 0.3) is 15.9 Å². The number of benzene rings is 1. The van der Waals surface area contributed by atoms with E-state index in [1.807, 2.05) is 42.6 Å². The molecule has 0 spiro atoms. The SMILES string of the molecule is Cc1cc(=O)n(CC(=O)NCCn2nnn(-c3cccs3)c2=O)c2ccccc12. The van der Waals surface area contributed by atoms with Gasteiger partial charge in [-0.25, -0.2) is 4.79 Å². The van der Waals surface area contributed by atoms with Crippen molar-refractivity contribution >= 4 is 28.1 Å². The summed E-state index contributed by atoms with van der Waals surface area (Å²) in [5.74, 6) is -0.320. The van der Waals surface area contributed by atoms with Crippen molar-refractivity contribution < 1.29 is 4.79 Å². The molecule has 3 heterocycles. The molecule has 10 heteroatoms. The van der Waals surface area contributed by atoms with Crippen LogP contribution < -0.4 is 16.6 Å². The average molecular weight is 410 g/mol. The topological polar surface area (TPSA) is 104 Å². The van der Waals surface area contributed by atoms with Crippen LogP contribution in [0.4, 0.5) is 0 Å². The van der Waals surface area contributed by atoms with Crippen molar-refractivity contribution in [3.8, 4) is 5.00 Å². The first kappa shape index (κ1) is 18.8. The number of thiophene rings is 1. The molecule has 0 fully saturated rings. The van der Waals surface area contributed by atoms with Gasteiger partial charge >= 0.3 is 5.69 Å². The van der Waals surface area contributed by atoms with Gasteiger partial charge in [-0.2, -0.15) is 9.36 Å². The molecule has 0 bridgehead atoms. The minimum absolute atomic E-state index is 0.101. The van der Waals surface area contributed by atoms with E-state index in [-0.39, 0.29) is 36.8 Å². The van der Waals surface area contributed by atoms with E-state index >= 15 is 0 Å². The first-order chi connectivity index (χ1) is 14.0. The zero-order valence-electron chi connectivity index (χ0n) is 15.6. The maximum atomic E-state index is 12.4. The van der Waals surface area contributed by atoms with E-state index in [2.05, 4.69) is 15.7 Å². The Labute approximate surface area is 168 Å². The molecular weight excluding hydrogens is 392 g/mol. The molecule has 1 aromatic carbocycles. The molecule has 0 atom stereocenters. The van der Waals surface area contributed by atoms with Crippen LogP contribution in [0.1, 0.15) is 5.56 Å². The molecule has 4 aromatic rings. The molecule has 1 amide bonds. The third kappa shape index (κ3) is 3.74. The highest BCUT2D eigenvalue weighted by Gasteiger charge is 2.12. The van der Waals surface area contributed by atoms with E-state index in [4.69, 9.17) is 0 Å². The second-order valence-corrected chi connectivity index (χ2v) is 7.39. The Morgan fingerprint density at radius 3 is 2.76 bits per heavy atom. The molecule has 3 aromatic heterocycles. The summed E-state index contributed by atoms with van der Waals surface area (Å²) in [6, 6.07) is 12.6. The van der Waals surface area contributed by atoms with E-state index in [1.165, 1.54) is 31.3 Å². The molecule has 0 radical (unpaired) electrons. The number of aryl methyl sites for hydroxylation is 1. The molecule has 0 saturated carbocycles. The van der Waals surface area contributed by atoms with Crippen LogP contribution in [-0.4, -0.2) is 36.8 Å². The molecule has 4 rings (SSSR count). The maximum Gasteiger partial charge on any atom is 0.369 e. The molecule has 0 aliphatic rings. The Bertz CT molecular complexity index is 1290. The third-order valence-electron chi connectivity index (χ3n) is 4.53. The minimum Gasteiger partial charge on any atom is -0.353 e. The zero-order chi connectivity index (χ0) is 20.4. The molecule has 0 aliphatic heterocycles. The van der Waals surface area contributed by atoms with Crippen molar-refractivity contribution in [2.24, 2.45) is 0 Å².